The number of carbonyl (C=O) groups excluding carboxylic acids is 2. The van der Waals surface area contributed by atoms with E-state index in [-0.39, 0.29) is 23.8 Å². The lowest BCUT2D eigenvalue weighted by molar-refractivity contribution is -0.131. The fourth-order valence-corrected chi connectivity index (χ4v) is 1.43. The van der Waals surface area contributed by atoms with Crippen LogP contribution in [0, 0.1) is 5.92 Å². The lowest BCUT2D eigenvalue weighted by Gasteiger charge is -2.19. The summed E-state index contributed by atoms with van der Waals surface area (Å²) in [6, 6.07) is -0.173. The molecule has 0 saturated heterocycles. The van der Waals surface area contributed by atoms with Gasteiger partial charge < -0.3 is 16.0 Å². The molecule has 2 unspecified atom stereocenters. The summed E-state index contributed by atoms with van der Waals surface area (Å²) in [7, 11) is 0. The minimum atomic E-state index is -0.224. The van der Waals surface area contributed by atoms with Crippen LogP contribution in [-0.4, -0.2) is 42.4 Å². The van der Waals surface area contributed by atoms with E-state index >= 15 is 0 Å². The van der Waals surface area contributed by atoms with Crippen molar-refractivity contribution in [2.75, 3.05) is 19.6 Å². The molecule has 5 nitrogen and oxygen atoms in total. The van der Waals surface area contributed by atoms with Gasteiger partial charge in [0.25, 0.3) is 0 Å². The number of amides is 2. The van der Waals surface area contributed by atoms with E-state index in [1.54, 1.807) is 18.7 Å². The summed E-state index contributed by atoms with van der Waals surface area (Å²) in [5.74, 6) is -0.241. The molecule has 0 radical (unpaired) electrons. The normalized spacial score (nSPS) is 13.9. The molecule has 17 heavy (non-hydrogen) atoms. The number of nitrogens with zero attached hydrogens (tertiary/aromatic N) is 1. The molecule has 0 aliphatic heterocycles. The fourth-order valence-electron chi connectivity index (χ4n) is 1.43. The lowest BCUT2D eigenvalue weighted by atomic mass is 10.0. The molecule has 0 spiro atoms. The van der Waals surface area contributed by atoms with Crippen LogP contribution in [-0.2, 0) is 9.59 Å². The molecule has 0 aliphatic rings. The number of hydrogen-bond acceptors (Lipinski definition) is 3. The number of hydrogen-bond donors (Lipinski definition) is 2. The average Bonchev–Trinajstić information content (AvgIpc) is 2.29. The molecule has 0 heterocycles. The molecule has 3 N–H and O–H groups in total. The van der Waals surface area contributed by atoms with E-state index in [2.05, 4.69) is 5.32 Å². The Balaban J connectivity index is 3.91. The smallest absolute Gasteiger partial charge is 0.224 e. The first-order valence-corrected chi connectivity index (χ1v) is 6.25. The predicted octanol–water partition coefficient (Wildman–Crippen LogP) is 0.344. The van der Waals surface area contributed by atoms with Crippen LogP contribution < -0.4 is 11.1 Å². The number of rotatable bonds is 7. The first-order valence-electron chi connectivity index (χ1n) is 6.25. The summed E-state index contributed by atoms with van der Waals surface area (Å²) >= 11 is 0. The van der Waals surface area contributed by atoms with Gasteiger partial charge in [-0.2, -0.15) is 0 Å². The van der Waals surface area contributed by atoms with E-state index in [1.165, 1.54) is 0 Å². The van der Waals surface area contributed by atoms with Gasteiger partial charge in [0.1, 0.15) is 0 Å². The van der Waals surface area contributed by atoms with Gasteiger partial charge in [-0.25, -0.2) is 0 Å². The van der Waals surface area contributed by atoms with Crippen LogP contribution in [0.1, 0.15) is 34.1 Å². The zero-order valence-electron chi connectivity index (χ0n) is 11.3. The van der Waals surface area contributed by atoms with Gasteiger partial charge >= 0.3 is 0 Å². The van der Waals surface area contributed by atoms with E-state index in [4.69, 9.17) is 5.73 Å². The van der Waals surface area contributed by atoms with E-state index in [1.807, 2.05) is 13.8 Å². The molecule has 0 aromatic carbocycles. The summed E-state index contributed by atoms with van der Waals surface area (Å²) < 4.78 is 0. The number of carbonyl (C=O) groups is 2. The minimum Gasteiger partial charge on any atom is -0.355 e. The Hall–Kier alpha value is -1.10. The first kappa shape index (κ1) is 15.9. The Bertz CT molecular complexity index is 236. The maximum atomic E-state index is 11.6. The minimum absolute atomic E-state index is 0.0729. The van der Waals surface area contributed by atoms with Crippen molar-refractivity contribution in [1.82, 2.24) is 10.2 Å². The van der Waals surface area contributed by atoms with Gasteiger partial charge in [0.2, 0.25) is 11.8 Å². The topological polar surface area (TPSA) is 75.4 Å². The van der Waals surface area contributed by atoms with Crippen LogP contribution in [0.3, 0.4) is 0 Å². The highest BCUT2D eigenvalue weighted by Gasteiger charge is 2.17. The summed E-state index contributed by atoms with van der Waals surface area (Å²) in [5, 5.41) is 2.73. The van der Waals surface area contributed by atoms with Gasteiger partial charge in [0, 0.05) is 38.0 Å². The molecular weight excluding hydrogens is 218 g/mol. The van der Waals surface area contributed by atoms with Crippen molar-refractivity contribution in [3.05, 3.63) is 0 Å². The molecule has 2 amide bonds. The van der Waals surface area contributed by atoms with Crippen LogP contribution in [0.15, 0.2) is 0 Å². The van der Waals surface area contributed by atoms with Crippen molar-refractivity contribution in [3.8, 4) is 0 Å². The van der Waals surface area contributed by atoms with Gasteiger partial charge in [-0.05, 0) is 20.8 Å². The Morgan fingerprint density at radius 3 is 2.18 bits per heavy atom. The second-order valence-corrected chi connectivity index (χ2v) is 4.25. The van der Waals surface area contributed by atoms with E-state index < -0.39 is 0 Å². The van der Waals surface area contributed by atoms with Crippen molar-refractivity contribution >= 4 is 11.8 Å². The summed E-state index contributed by atoms with van der Waals surface area (Å²) in [4.78, 5) is 25.0. The Labute approximate surface area is 104 Å². The zero-order chi connectivity index (χ0) is 13.4. The summed E-state index contributed by atoms with van der Waals surface area (Å²) in [6.07, 6.45) is 0.346. The monoisotopic (exact) mass is 243 g/mol. The van der Waals surface area contributed by atoms with Crippen LogP contribution in [0.2, 0.25) is 0 Å². The maximum Gasteiger partial charge on any atom is 0.224 e. The van der Waals surface area contributed by atoms with Crippen LogP contribution in [0.4, 0.5) is 0 Å². The third-order valence-corrected chi connectivity index (χ3v) is 2.96. The first-order chi connectivity index (χ1) is 7.93. The highest BCUT2D eigenvalue weighted by molar-refractivity contribution is 5.80. The highest BCUT2D eigenvalue weighted by Crippen LogP contribution is 1.99. The Kier molecular flexibility index (Phi) is 7.54. The molecule has 0 aromatic heterocycles. The molecular formula is C12H25N3O2. The molecule has 0 rings (SSSR count). The fraction of sp³-hybridized carbons (Fsp3) is 0.833. The van der Waals surface area contributed by atoms with E-state index in [0.717, 1.165) is 0 Å². The second kappa shape index (κ2) is 8.06. The van der Waals surface area contributed by atoms with Gasteiger partial charge in [-0.3, -0.25) is 9.59 Å². The van der Waals surface area contributed by atoms with Gasteiger partial charge in [0.15, 0.2) is 0 Å². The van der Waals surface area contributed by atoms with Crippen molar-refractivity contribution in [3.63, 3.8) is 0 Å². The highest BCUT2D eigenvalue weighted by atomic mass is 16.2. The lowest BCUT2D eigenvalue weighted by Crippen LogP contribution is -2.40. The summed E-state index contributed by atoms with van der Waals surface area (Å²) in [5.41, 5.74) is 5.62. The third-order valence-electron chi connectivity index (χ3n) is 2.96. The van der Waals surface area contributed by atoms with Crippen molar-refractivity contribution in [2.45, 2.75) is 40.2 Å². The molecule has 100 valence electrons. The van der Waals surface area contributed by atoms with Gasteiger partial charge in [0.05, 0.1) is 0 Å². The van der Waals surface area contributed by atoms with Crippen molar-refractivity contribution < 1.29 is 9.59 Å². The molecule has 5 heteroatoms. The largest absolute Gasteiger partial charge is 0.355 e. The SMILES string of the molecule is CCN(CC)C(=O)CCNC(=O)C(C)C(C)N. The van der Waals surface area contributed by atoms with Gasteiger partial charge in [-0.1, -0.05) is 6.92 Å². The predicted molar refractivity (Wildman–Crippen MR) is 68.4 cm³/mol. The van der Waals surface area contributed by atoms with Crippen molar-refractivity contribution in [1.29, 1.82) is 0 Å². The van der Waals surface area contributed by atoms with Crippen LogP contribution in [0.5, 0.6) is 0 Å². The van der Waals surface area contributed by atoms with Crippen LogP contribution in [0.25, 0.3) is 0 Å². The summed E-state index contributed by atoms with van der Waals surface area (Å²) in [6.45, 7) is 9.26. The quantitative estimate of drug-likeness (QED) is 0.677. The van der Waals surface area contributed by atoms with Crippen LogP contribution >= 0.6 is 0 Å². The number of nitrogens with two attached hydrogens (primary N) is 1. The Morgan fingerprint density at radius 1 is 1.24 bits per heavy atom. The maximum absolute atomic E-state index is 11.6. The molecule has 2 atom stereocenters. The average molecular weight is 243 g/mol. The third kappa shape index (κ3) is 5.68. The molecule has 0 saturated carbocycles. The van der Waals surface area contributed by atoms with E-state index in [9.17, 15) is 9.59 Å². The van der Waals surface area contributed by atoms with E-state index in [0.29, 0.717) is 26.1 Å². The van der Waals surface area contributed by atoms with Crippen molar-refractivity contribution in [2.24, 2.45) is 11.7 Å². The Morgan fingerprint density at radius 2 is 1.76 bits per heavy atom. The molecule has 0 fully saturated rings. The molecule has 0 aromatic rings. The molecule has 0 bridgehead atoms. The number of nitrogens with one attached hydrogen (secondary N) is 1. The van der Waals surface area contributed by atoms with Gasteiger partial charge in [-0.15, -0.1) is 0 Å². The zero-order valence-corrected chi connectivity index (χ0v) is 11.3. The standard InChI is InChI=1S/C12H25N3O2/c1-5-15(6-2)11(16)7-8-14-12(17)9(3)10(4)13/h9-10H,5-8,13H2,1-4H3,(H,14,17). The second-order valence-electron chi connectivity index (χ2n) is 4.25. The molecule has 0 aliphatic carbocycles.